The Morgan fingerprint density at radius 3 is 2.92 bits per heavy atom. The van der Waals surface area contributed by atoms with E-state index < -0.39 is 11.7 Å². The highest BCUT2D eigenvalue weighted by atomic mass is 35.5. The summed E-state index contributed by atoms with van der Waals surface area (Å²) in [6.07, 6.45) is 1.06. The van der Waals surface area contributed by atoms with Crippen LogP contribution in [0.25, 0.3) is 0 Å². The summed E-state index contributed by atoms with van der Waals surface area (Å²) in [5.41, 5.74) is 0.0531. The first-order valence-electron chi connectivity index (χ1n) is 3.52. The topological polar surface area (TPSA) is 29.1 Å². The van der Waals surface area contributed by atoms with Gasteiger partial charge >= 0.3 is 0 Å². The quantitative estimate of drug-likeness (QED) is 0.729. The lowest BCUT2D eigenvalue weighted by Gasteiger charge is -2.03. The minimum atomic E-state index is -0.528. The van der Waals surface area contributed by atoms with Crippen LogP contribution in [-0.4, -0.2) is 5.91 Å². The van der Waals surface area contributed by atoms with Crippen molar-refractivity contribution in [2.45, 2.75) is 0 Å². The largest absolute Gasteiger partial charge is 0.320 e. The lowest BCUT2D eigenvalue weighted by Crippen LogP contribution is -2.08. The van der Waals surface area contributed by atoms with Gasteiger partial charge in [-0.3, -0.25) is 4.79 Å². The van der Waals surface area contributed by atoms with E-state index >= 15 is 0 Å². The Balaban J connectivity index is 2.93. The molecule has 4 heteroatoms. The molecule has 0 aromatic heterocycles. The zero-order chi connectivity index (χ0) is 9.84. The molecule has 0 spiro atoms. The second-order valence-corrected chi connectivity index (χ2v) is 2.75. The Kier molecular flexibility index (Phi) is 3.03. The van der Waals surface area contributed by atoms with Gasteiger partial charge in [-0.05, 0) is 24.3 Å². The fourth-order valence-corrected chi connectivity index (χ4v) is 0.949. The van der Waals surface area contributed by atoms with Gasteiger partial charge in [-0.25, -0.2) is 4.39 Å². The number of carbonyl (C=O) groups is 1. The van der Waals surface area contributed by atoms with E-state index in [0.29, 0.717) is 5.02 Å². The Hall–Kier alpha value is -1.35. The first kappa shape index (κ1) is 9.74. The van der Waals surface area contributed by atoms with Crippen molar-refractivity contribution in [3.63, 3.8) is 0 Å². The lowest BCUT2D eigenvalue weighted by molar-refractivity contribution is -0.111. The van der Waals surface area contributed by atoms with Crippen LogP contribution in [0.5, 0.6) is 0 Å². The number of nitrogens with one attached hydrogen (secondary N) is 1. The van der Waals surface area contributed by atoms with Gasteiger partial charge in [0.25, 0.3) is 0 Å². The number of carbonyl (C=O) groups excluding carboxylic acids is 1. The third-order valence-electron chi connectivity index (χ3n) is 1.37. The minimum Gasteiger partial charge on any atom is -0.320 e. The number of hydrogen-bond donors (Lipinski definition) is 1. The van der Waals surface area contributed by atoms with E-state index in [2.05, 4.69) is 11.9 Å². The molecule has 0 aliphatic heterocycles. The molecule has 0 radical (unpaired) electrons. The van der Waals surface area contributed by atoms with Crippen LogP contribution in [0.4, 0.5) is 10.1 Å². The summed E-state index contributed by atoms with van der Waals surface area (Å²) in [5.74, 6) is -0.999. The van der Waals surface area contributed by atoms with Crippen molar-refractivity contribution in [1.82, 2.24) is 0 Å². The van der Waals surface area contributed by atoms with Gasteiger partial charge in [0.05, 0.1) is 5.69 Å². The Bertz CT molecular complexity index is 351. The molecule has 1 amide bonds. The predicted molar refractivity (Wildman–Crippen MR) is 50.2 cm³/mol. The van der Waals surface area contributed by atoms with Crippen molar-refractivity contribution in [2.24, 2.45) is 0 Å². The summed E-state index contributed by atoms with van der Waals surface area (Å²) in [6, 6.07) is 3.92. The third-order valence-corrected chi connectivity index (χ3v) is 1.61. The van der Waals surface area contributed by atoms with Gasteiger partial charge in [0.1, 0.15) is 5.82 Å². The summed E-state index contributed by atoms with van der Waals surface area (Å²) in [5, 5.41) is 2.65. The van der Waals surface area contributed by atoms with E-state index in [9.17, 15) is 9.18 Å². The number of halogens is 2. The molecule has 0 saturated carbocycles. The molecular weight excluding hydrogens is 193 g/mol. The van der Waals surface area contributed by atoms with Crippen LogP contribution in [-0.2, 0) is 4.79 Å². The molecule has 0 heterocycles. The zero-order valence-electron chi connectivity index (χ0n) is 6.68. The first-order valence-corrected chi connectivity index (χ1v) is 3.90. The number of anilines is 1. The zero-order valence-corrected chi connectivity index (χ0v) is 7.44. The van der Waals surface area contributed by atoms with Crippen LogP contribution < -0.4 is 5.32 Å². The Labute approximate surface area is 80.0 Å². The summed E-state index contributed by atoms with van der Waals surface area (Å²) in [6.45, 7) is 3.24. The van der Waals surface area contributed by atoms with Crippen LogP contribution in [0.15, 0.2) is 30.9 Å². The van der Waals surface area contributed by atoms with Crippen molar-refractivity contribution >= 4 is 23.2 Å². The highest BCUT2D eigenvalue weighted by Gasteiger charge is 2.04. The summed E-state index contributed by atoms with van der Waals surface area (Å²) in [7, 11) is 0. The van der Waals surface area contributed by atoms with Gasteiger partial charge in [-0.1, -0.05) is 18.2 Å². The van der Waals surface area contributed by atoms with E-state index in [0.717, 1.165) is 6.08 Å². The normalized spacial score (nSPS) is 9.38. The smallest absolute Gasteiger partial charge is 0.247 e. The summed E-state index contributed by atoms with van der Waals surface area (Å²) >= 11 is 5.60. The highest BCUT2D eigenvalue weighted by Crippen LogP contribution is 2.19. The highest BCUT2D eigenvalue weighted by molar-refractivity contribution is 6.30. The Morgan fingerprint density at radius 2 is 2.31 bits per heavy atom. The minimum absolute atomic E-state index is 0.0531. The molecule has 0 bridgehead atoms. The van der Waals surface area contributed by atoms with E-state index in [1.54, 1.807) is 0 Å². The van der Waals surface area contributed by atoms with Crippen molar-refractivity contribution in [3.05, 3.63) is 41.7 Å². The summed E-state index contributed by atoms with van der Waals surface area (Å²) in [4.78, 5) is 10.8. The molecule has 1 N–H and O–H groups in total. The molecule has 0 saturated heterocycles. The van der Waals surface area contributed by atoms with Gasteiger partial charge in [0.2, 0.25) is 5.91 Å². The molecule has 2 nitrogen and oxygen atoms in total. The van der Waals surface area contributed by atoms with Crippen molar-refractivity contribution in [2.75, 3.05) is 5.32 Å². The van der Waals surface area contributed by atoms with E-state index in [1.165, 1.54) is 18.2 Å². The van der Waals surface area contributed by atoms with Crippen LogP contribution in [0.3, 0.4) is 0 Å². The van der Waals surface area contributed by atoms with E-state index in [-0.39, 0.29) is 5.69 Å². The number of amides is 1. The molecule has 0 unspecified atom stereocenters. The monoisotopic (exact) mass is 199 g/mol. The van der Waals surface area contributed by atoms with Crippen LogP contribution in [0.1, 0.15) is 0 Å². The second-order valence-electron chi connectivity index (χ2n) is 2.32. The van der Waals surface area contributed by atoms with Crippen molar-refractivity contribution in [3.8, 4) is 0 Å². The van der Waals surface area contributed by atoms with Gasteiger partial charge < -0.3 is 5.32 Å². The maximum atomic E-state index is 13.0. The van der Waals surface area contributed by atoms with Gasteiger partial charge in [-0.15, -0.1) is 0 Å². The molecule has 13 heavy (non-hydrogen) atoms. The lowest BCUT2D eigenvalue weighted by atomic mass is 10.3. The van der Waals surface area contributed by atoms with Crippen molar-refractivity contribution in [1.29, 1.82) is 0 Å². The number of rotatable bonds is 2. The van der Waals surface area contributed by atoms with Crippen molar-refractivity contribution < 1.29 is 9.18 Å². The fraction of sp³-hybridized carbons (Fsp3) is 0. The predicted octanol–water partition coefficient (Wildman–Crippen LogP) is 2.60. The SMILES string of the molecule is C=CC(=O)Nc1cc(Cl)ccc1F. The molecule has 1 aromatic rings. The molecule has 0 aliphatic rings. The van der Waals surface area contributed by atoms with Crippen LogP contribution in [0, 0.1) is 5.82 Å². The van der Waals surface area contributed by atoms with E-state index in [1.807, 2.05) is 0 Å². The van der Waals surface area contributed by atoms with Crippen LogP contribution >= 0.6 is 11.6 Å². The van der Waals surface area contributed by atoms with Gasteiger partial charge in [0.15, 0.2) is 0 Å². The fourth-order valence-electron chi connectivity index (χ4n) is 0.777. The molecule has 1 rings (SSSR count). The summed E-state index contributed by atoms with van der Waals surface area (Å²) < 4.78 is 13.0. The standard InChI is InChI=1S/C9H7ClFNO/c1-2-9(13)12-8-5-6(10)3-4-7(8)11/h2-5H,1H2,(H,12,13). The molecular formula is C9H7ClFNO. The van der Waals surface area contributed by atoms with Gasteiger partial charge in [-0.2, -0.15) is 0 Å². The molecule has 0 fully saturated rings. The molecule has 0 aliphatic carbocycles. The van der Waals surface area contributed by atoms with E-state index in [4.69, 9.17) is 11.6 Å². The average Bonchev–Trinajstić information content (AvgIpc) is 2.11. The number of benzene rings is 1. The Morgan fingerprint density at radius 1 is 1.62 bits per heavy atom. The van der Waals surface area contributed by atoms with Gasteiger partial charge in [0, 0.05) is 5.02 Å². The molecule has 0 atom stereocenters. The first-order chi connectivity index (χ1) is 6.13. The third kappa shape index (κ3) is 2.56. The molecule has 1 aromatic carbocycles. The molecule has 68 valence electrons. The van der Waals surface area contributed by atoms with Crippen LogP contribution in [0.2, 0.25) is 5.02 Å². The maximum absolute atomic E-state index is 13.0. The average molecular weight is 200 g/mol. The number of hydrogen-bond acceptors (Lipinski definition) is 1. The maximum Gasteiger partial charge on any atom is 0.247 e. The second kappa shape index (κ2) is 4.05.